The minimum absolute atomic E-state index is 0.552. The summed E-state index contributed by atoms with van der Waals surface area (Å²) in [5.41, 5.74) is 0. The molecule has 0 bridgehead atoms. The lowest BCUT2D eigenvalue weighted by molar-refractivity contribution is 0.443. The van der Waals surface area contributed by atoms with E-state index in [9.17, 15) is 0 Å². The molecular weight excluding hydrogens is 240 g/mol. The Hall–Kier alpha value is -1.59. The Morgan fingerprint density at radius 2 is 2.05 bits per heavy atom. The van der Waals surface area contributed by atoms with Gasteiger partial charge < -0.3 is 15.1 Å². The molecule has 1 unspecified atom stereocenters. The Labute approximate surface area is 115 Å². The fourth-order valence-electron chi connectivity index (χ4n) is 2.48. The van der Waals surface area contributed by atoms with Gasteiger partial charge >= 0.3 is 0 Å². The van der Waals surface area contributed by atoms with Crippen LogP contribution < -0.4 is 15.1 Å². The molecule has 1 aliphatic rings. The second-order valence-corrected chi connectivity index (χ2v) is 5.15. The highest BCUT2D eigenvalue weighted by atomic mass is 15.4. The highest BCUT2D eigenvalue weighted by Crippen LogP contribution is 2.25. The Balaban J connectivity index is 2.33. The molecule has 1 aromatic rings. The van der Waals surface area contributed by atoms with Gasteiger partial charge in [0.1, 0.15) is 0 Å². The number of nitrogens with one attached hydrogen (secondary N) is 1. The SMILES string of the molecule is CCC1CCCCN1c1nc(NC)nc(N(C)C)n1. The molecule has 1 N–H and O–H groups in total. The van der Waals surface area contributed by atoms with Crippen molar-refractivity contribution in [1.82, 2.24) is 15.0 Å². The molecule has 6 nitrogen and oxygen atoms in total. The summed E-state index contributed by atoms with van der Waals surface area (Å²) in [5.74, 6) is 2.14. The predicted molar refractivity (Wildman–Crippen MR) is 79.0 cm³/mol. The zero-order valence-corrected chi connectivity index (χ0v) is 12.3. The Morgan fingerprint density at radius 1 is 1.26 bits per heavy atom. The van der Waals surface area contributed by atoms with Crippen molar-refractivity contribution < 1.29 is 0 Å². The third-order valence-electron chi connectivity index (χ3n) is 3.59. The molecule has 1 fully saturated rings. The minimum Gasteiger partial charge on any atom is -0.357 e. The van der Waals surface area contributed by atoms with Crippen LogP contribution in [0.3, 0.4) is 0 Å². The smallest absolute Gasteiger partial charge is 0.232 e. The van der Waals surface area contributed by atoms with Crippen molar-refractivity contribution in [1.29, 1.82) is 0 Å². The van der Waals surface area contributed by atoms with E-state index in [4.69, 9.17) is 0 Å². The van der Waals surface area contributed by atoms with Crippen LogP contribution in [0.1, 0.15) is 32.6 Å². The Kier molecular flexibility index (Phi) is 4.39. The maximum atomic E-state index is 4.59. The third kappa shape index (κ3) is 3.05. The molecule has 6 heteroatoms. The fraction of sp³-hybridized carbons (Fsp3) is 0.769. The van der Waals surface area contributed by atoms with Crippen molar-refractivity contribution in [2.45, 2.75) is 38.6 Å². The predicted octanol–water partition coefficient (Wildman–Crippen LogP) is 1.75. The lowest BCUT2D eigenvalue weighted by Gasteiger charge is -2.35. The zero-order chi connectivity index (χ0) is 13.8. The molecule has 0 spiro atoms. The molecule has 0 aliphatic carbocycles. The van der Waals surface area contributed by atoms with Crippen LogP contribution in [-0.4, -0.2) is 48.7 Å². The van der Waals surface area contributed by atoms with E-state index in [0.29, 0.717) is 17.9 Å². The van der Waals surface area contributed by atoms with Crippen LogP contribution in [0.15, 0.2) is 0 Å². The standard InChI is InChI=1S/C13H24N6/c1-5-10-8-6-7-9-19(10)13-16-11(14-2)15-12(17-13)18(3)4/h10H,5-9H2,1-4H3,(H,14,15,16,17). The fourth-order valence-corrected chi connectivity index (χ4v) is 2.48. The second kappa shape index (κ2) is 6.04. The molecule has 0 radical (unpaired) electrons. The molecule has 2 rings (SSSR count). The van der Waals surface area contributed by atoms with Crippen LogP contribution in [-0.2, 0) is 0 Å². The van der Waals surface area contributed by atoms with Gasteiger partial charge in [-0.15, -0.1) is 0 Å². The molecule has 1 atom stereocenters. The molecule has 0 saturated carbocycles. The van der Waals surface area contributed by atoms with Gasteiger partial charge in [-0.1, -0.05) is 6.92 Å². The van der Waals surface area contributed by atoms with Gasteiger partial charge in [-0.05, 0) is 25.7 Å². The number of hydrogen-bond donors (Lipinski definition) is 1. The number of rotatable bonds is 4. The van der Waals surface area contributed by atoms with Gasteiger partial charge in [-0.25, -0.2) is 0 Å². The van der Waals surface area contributed by atoms with Crippen LogP contribution in [0.5, 0.6) is 0 Å². The van der Waals surface area contributed by atoms with E-state index in [1.54, 1.807) is 0 Å². The summed E-state index contributed by atoms with van der Waals surface area (Å²) in [6, 6.07) is 0.552. The van der Waals surface area contributed by atoms with Gasteiger partial charge in [0.05, 0.1) is 0 Å². The van der Waals surface area contributed by atoms with Crippen molar-refractivity contribution in [3.63, 3.8) is 0 Å². The van der Waals surface area contributed by atoms with Crippen molar-refractivity contribution in [2.24, 2.45) is 0 Å². The van der Waals surface area contributed by atoms with Crippen LogP contribution in [0.25, 0.3) is 0 Å². The first-order valence-corrected chi connectivity index (χ1v) is 7.03. The van der Waals surface area contributed by atoms with Gasteiger partial charge in [0.15, 0.2) is 0 Å². The van der Waals surface area contributed by atoms with Crippen molar-refractivity contribution in [3.8, 4) is 0 Å². The molecule has 0 aromatic carbocycles. The lowest BCUT2D eigenvalue weighted by Crippen LogP contribution is -2.40. The number of piperidine rings is 1. The van der Waals surface area contributed by atoms with Crippen LogP contribution >= 0.6 is 0 Å². The largest absolute Gasteiger partial charge is 0.357 e. The molecule has 0 amide bonds. The Morgan fingerprint density at radius 3 is 2.68 bits per heavy atom. The van der Waals surface area contributed by atoms with E-state index in [1.165, 1.54) is 19.3 Å². The van der Waals surface area contributed by atoms with E-state index in [1.807, 2.05) is 26.0 Å². The molecule has 1 aromatic heterocycles. The average molecular weight is 264 g/mol. The third-order valence-corrected chi connectivity index (χ3v) is 3.59. The lowest BCUT2D eigenvalue weighted by atomic mass is 10.0. The molecule has 1 aliphatic heterocycles. The highest BCUT2D eigenvalue weighted by molar-refractivity contribution is 5.45. The summed E-state index contributed by atoms with van der Waals surface area (Å²) in [5, 5.41) is 3.02. The molecule has 1 saturated heterocycles. The van der Waals surface area contributed by atoms with Gasteiger partial charge in [-0.2, -0.15) is 15.0 Å². The summed E-state index contributed by atoms with van der Waals surface area (Å²) in [7, 11) is 5.74. The second-order valence-electron chi connectivity index (χ2n) is 5.15. The molecular formula is C13H24N6. The van der Waals surface area contributed by atoms with Gasteiger partial charge in [0.2, 0.25) is 17.8 Å². The van der Waals surface area contributed by atoms with E-state index < -0.39 is 0 Å². The van der Waals surface area contributed by atoms with Crippen molar-refractivity contribution in [2.75, 3.05) is 42.8 Å². The minimum atomic E-state index is 0.552. The Bertz CT molecular complexity index is 420. The zero-order valence-electron chi connectivity index (χ0n) is 12.3. The average Bonchev–Trinajstić information content (AvgIpc) is 2.46. The quantitative estimate of drug-likeness (QED) is 0.894. The maximum absolute atomic E-state index is 4.59. The summed E-state index contributed by atoms with van der Waals surface area (Å²) in [6.07, 6.45) is 4.89. The van der Waals surface area contributed by atoms with E-state index in [-0.39, 0.29) is 0 Å². The van der Waals surface area contributed by atoms with Gasteiger partial charge in [0, 0.05) is 33.7 Å². The van der Waals surface area contributed by atoms with E-state index >= 15 is 0 Å². The molecule has 106 valence electrons. The van der Waals surface area contributed by atoms with E-state index in [0.717, 1.165) is 18.9 Å². The molecule has 19 heavy (non-hydrogen) atoms. The topological polar surface area (TPSA) is 57.2 Å². The maximum Gasteiger partial charge on any atom is 0.232 e. The number of anilines is 3. The van der Waals surface area contributed by atoms with Crippen molar-refractivity contribution in [3.05, 3.63) is 0 Å². The first-order chi connectivity index (χ1) is 9.15. The van der Waals surface area contributed by atoms with Crippen LogP contribution in [0.2, 0.25) is 0 Å². The summed E-state index contributed by atoms with van der Waals surface area (Å²) in [4.78, 5) is 17.7. The molecule has 2 heterocycles. The first-order valence-electron chi connectivity index (χ1n) is 7.03. The van der Waals surface area contributed by atoms with E-state index in [2.05, 4.69) is 32.1 Å². The van der Waals surface area contributed by atoms with Gasteiger partial charge in [0.25, 0.3) is 0 Å². The summed E-state index contributed by atoms with van der Waals surface area (Å²) in [6.45, 7) is 3.27. The number of nitrogens with zero attached hydrogens (tertiary/aromatic N) is 5. The van der Waals surface area contributed by atoms with Crippen molar-refractivity contribution >= 4 is 17.8 Å². The van der Waals surface area contributed by atoms with Crippen LogP contribution in [0.4, 0.5) is 17.8 Å². The first kappa shape index (κ1) is 13.8. The number of hydrogen-bond acceptors (Lipinski definition) is 6. The normalized spacial score (nSPS) is 19.4. The number of aromatic nitrogens is 3. The summed E-state index contributed by atoms with van der Waals surface area (Å²) < 4.78 is 0. The highest BCUT2D eigenvalue weighted by Gasteiger charge is 2.24. The monoisotopic (exact) mass is 264 g/mol. The van der Waals surface area contributed by atoms with Crippen LogP contribution in [0, 0.1) is 0 Å². The summed E-state index contributed by atoms with van der Waals surface area (Å²) >= 11 is 0. The van der Waals surface area contributed by atoms with Gasteiger partial charge in [-0.3, -0.25) is 0 Å².